The first kappa shape index (κ1) is 16.6. The number of nitrogens with one attached hydrogen (secondary N) is 1. The number of anilines is 1. The van der Waals surface area contributed by atoms with Gasteiger partial charge < -0.3 is 5.32 Å². The van der Waals surface area contributed by atoms with Crippen LogP contribution < -0.4 is 5.32 Å². The SMILES string of the molecule is Cc1nccn1-c1ncc(NC(=O)c2ccccc2C(F)(F)F)cn1. The van der Waals surface area contributed by atoms with E-state index in [0.29, 0.717) is 11.8 Å². The van der Waals surface area contributed by atoms with Crippen LogP contribution in [0.5, 0.6) is 0 Å². The van der Waals surface area contributed by atoms with Crippen LogP contribution in [0.4, 0.5) is 18.9 Å². The van der Waals surface area contributed by atoms with Gasteiger partial charge in [0.05, 0.1) is 29.2 Å². The summed E-state index contributed by atoms with van der Waals surface area (Å²) in [6.07, 6.45) is 1.27. The highest BCUT2D eigenvalue weighted by atomic mass is 19.4. The van der Waals surface area contributed by atoms with Gasteiger partial charge in [-0.25, -0.2) is 15.0 Å². The van der Waals surface area contributed by atoms with Crippen molar-refractivity contribution in [1.82, 2.24) is 19.5 Å². The molecule has 0 saturated carbocycles. The lowest BCUT2D eigenvalue weighted by atomic mass is 10.1. The Morgan fingerprint density at radius 3 is 2.40 bits per heavy atom. The van der Waals surface area contributed by atoms with E-state index < -0.39 is 23.2 Å². The molecule has 128 valence electrons. The first-order chi connectivity index (χ1) is 11.9. The fourth-order valence-corrected chi connectivity index (χ4v) is 2.23. The molecule has 6 nitrogen and oxygen atoms in total. The number of aromatic nitrogens is 4. The number of carbonyl (C=O) groups excluding carboxylic acids is 1. The van der Waals surface area contributed by atoms with E-state index in [4.69, 9.17) is 0 Å². The highest BCUT2D eigenvalue weighted by Crippen LogP contribution is 2.32. The van der Waals surface area contributed by atoms with Crippen molar-refractivity contribution in [3.05, 3.63) is 66.0 Å². The monoisotopic (exact) mass is 347 g/mol. The molecule has 0 fully saturated rings. The lowest BCUT2D eigenvalue weighted by Crippen LogP contribution is -2.19. The van der Waals surface area contributed by atoms with Crippen molar-refractivity contribution >= 4 is 11.6 Å². The van der Waals surface area contributed by atoms with Crippen LogP contribution in [0.3, 0.4) is 0 Å². The molecular formula is C16H12F3N5O. The molecule has 0 saturated heterocycles. The molecule has 3 rings (SSSR count). The fourth-order valence-electron chi connectivity index (χ4n) is 2.23. The number of carbonyl (C=O) groups is 1. The number of benzene rings is 1. The maximum Gasteiger partial charge on any atom is 0.417 e. The summed E-state index contributed by atoms with van der Waals surface area (Å²) in [5, 5.41) is 2.37. The zero-order chi connectivity index (χ0) is 18.0. The maximum atomic E-state index is 13.0. The summed E-state index contributed by atoms with van der Waals surface area (Å²) in [7, 11) is 0. The van der Waals surface area contributed by atoms with Crippen LogP contribution in [0.2, 0.25) is 0 Å². The van der Waals surface area contributed by atoms with Crippen molar-refractivity contribution in [3.8, 4) is 5.95 Å². The van der Waals surface area contributed by atoms with Crippen LogP contribution >= 0.6 is 0 Å². The molecule has 0 aliphatic heterocycles. The quantitative estimate of drug-likeness (QED) is 0.789. The normalized spacial score (nSPS) is 11.4. The van der Waals surface area contributed by atoms with E-state index in [-0.39, 0.29) is 5.69 Å². The zero-order valence-electron chi connectivity index (χ0n) is 12.9. The summed E-state index contributed by atoms with van der Waals surface area (Å²) < 4.78 is 40.6. The molecule has 1 N–H and O–H groups in total. The van der Waals surface area contributed by atoms with Crippen molar-refractivity contribution in [3.63, 3.8) is 0 Å². The first-order valence-electron chi connectivity index (χ1n) is 7.16. The van der Waals surface area contributed by atoms with Gasteiger partial charge in [-0.3, -0.25) is 9.36 Å². The number of alkyl halides is 3. The maximum absolute atomic E-state index is 13.0. The van der Waals surface area contributed by atoms with Gasteiger partial charge in [0.2, 0.25) is 5.95 Å². The molecule has 0 bridgehead atoms. The average molecular weight is 347 g/mol. The number of nitrogens with zero attached hydrogens (tertiary/aromatic N) is 4. The second-order valence-corrected chi connectivity index (χ2v) is 5.11. The Morgan fingerprint density at radius 1 is 1.12 bits per heavy atom. The van der Waals surface area contributed by atoms with Crippen LogP contribution in [0.1, 0.15) is 21.7 Å². The number of halogens is 3. The number of aryl methyl sites for hydroxylation is 1. The first-order valence-corrected chi connectivity index (χ1v) is 7.16. The minimum atomic E-state index is -4.62. The van der Waals surface area contributed by atoms with Gasteiger partial charge in [0.25, 0.3) is 5.91 Å². The predicted molar refractivity (Wildman–Crippen MR) is 83.3 cm³/mol. The Hall–Kier alpha value is -3.23. The Bertz CT molecular complexity index is 903. The van der Waals surface area contributed by atoms with Gasteiger partial charge in [-0.2, -0.15) is 13.2 Å². The van der Waals surface area contributed by atoms with Crippen molar-refractivity contribution < 1.29 is 18.0 Å². The third-order valence-corrected chi connectivity index (χ3v) is 3.41. The number of hydrogen-bond donors (Lipinski definition) is 1. The van der Waals surface area contributed by atoms with Crippen molar-refractivity contribution in [1.29, 1.82) is 0 Å². The highest BCUT2D eigenvalue weighted by molar-refractivity contribution is 6.05. The molecule has 0 spiro atoms. The minimum absolute atomic E-state index is 0.184. The summed E-state index contributed by atoms with van der Waals surface area (Å²) >= 11 is 0. The highest BCUT2D eigenvalue weighted by Gasteiger charge is 2.34. The number of rotatable bonds is 3. The summed E-state index contributed by atoms with van der Waals surface area (Å²) in [5.74, 6) is 0.127. The van der Waals surface area contributed by atoms with E-state index in [2.05, 4.69) is 20.3 Å². The van der Waals surface area contributed by atoms with Gasteiger partial charge in [0.15, 0.2) is 0 Å². The van der Waals surface area contributed by atoms with E-state index in [9.17, 15) is 18.0 Å². The zero-order valence-corrected chi connectivity index (χ0v) is 12.9. The molecule has 0 unspecified atom stereocenters. The van der Waals surface area contributed by atoms with Gasteiger partial charge in [0.1, 0.15) is 5.82 Å². The third kappa shape index (κ3) is 3.49. The predicted octanol–water partition coefficient (Wildman–Crippen LogP) is 3.24. The molecule has 0 aliphatic carbocycles. The Kier molecular flexibility index (Phi) is 4.22. The molecule has 3 aromatic rings. The summed E-state index contributed by atoms with van der Waals surface area (Å²) in [5.41, 5.74) is -1.29. The second-order valence-electron chi connectivity index (χ2n) is 5.11. The third-order valence-electron chi connectivity index (χ3n) is 3.41. The molecule has 0 atom stereocenters. The summed E-state index contributed by atoms with van der Waals surface area (Å²) in [4.78, 5) is 24.4. The average Bonchev–Trinajstić information content (AvgIpc) is 3.01. The van der Waals surface area contributed by atoms with Crippen LogP contribution in [0.25, 0.3) is 5.95 Å². The van der Waals surface area contributed by atoms with E-state index in [1.807, 2.05) is 0 Å². The molecule has 2 heterocycles. The standard InChI is InChI=1S/C16H12F3N5O/c1-10-20-6-7-24(10)15-21-8-11(9-22-15)23-14(25)12-4-2-3-5-13(12)16(17,18)19/h2-9H,1H3,(H,23,25). The molecule has 9 heteroatoms. The lowest BCUT2D eigenvalue weighted by molar-refractivity contribution is -0.137. The van der Waals surface area contributed by atoms with E-state index >= 15 is 0 Å². The van der Waals surface area contributed by atoms with Crippen LogP contribution in [0.15, 0.2) is 49.1 Å². The fraction of sp³-hybridized carbons (Fsp3) is 0.125. The van der Waals surface area contributed by atoms with Gasteiger partial charge in [-0.05, 0) is 19.1 Å². The number of imidazole rings is 1. The van der Waals surface area contributed by atoms with Crippen molar-refractivity contribution in [2.75, 3.05) is 5.32 Å². The van der Waals surface area contributed by atoms with Gasteiger partial charge in [0, 0.05) is 12.4 Å². The summed E-state index contributed by atoms with van der Waals surface area (Å²) in [6.45, 7) is 1.77. The van der Waals surface area contributed by atoms with E-state index in [1.165, 1.54) is 24.5 Å². The Morgan fingerprint density at radius 2 is 1.80 bits per heavy atom. The Labute approximate surface area is 140 Å². The molecule has 0 radical (unpaired) electrons. The summed E-state index contributed by atoms with van der Waals surface area (Å²) in [6, 6.07) is 4.56. The number of amides is 1. The Balaban J connectivity index is 1.82. The molecule has 1 aromatic carbocycles. The van der Waals surface area contributed by atoms with Crippen LogP contribution in [0, 0.1) is 6.92 Å². The molecule has 1 amide bonds. The van der Waals surface area contributed by atoms with Crippen molar-refractivity contribution in [2.24, 2.45) is 0 Å². The molecule has 25 heavy (non-hydrogen) atoms. The number of hydrogen-bond acceptors (Lipinski definition) is 4. The smallest absolute Gasteiger partial charge is 0.319 e. The molecular weight excluding hydrogens is 335 g/mol. The van der Waals surface area contributed by atoms with Crippen LogP contribution in [-0.4, -0.2) is 25.4 Å². The minimum Gasteiger partial charge on any atom is -0.319 e. The molecule has 2 aromatic heterocycles. The lowest BCUT2D eigenvalue weighted by Gasteiger charge is -2.12. The van der Waals surface area contributed by atoms with Gasteiger partial charge >= 0.3 is 6.18 Å². The molecule has 0 aliphatic rings. The van der Waals surface area contributed by atoms with Gasteiger partial charge in [-0.1, -0.05) is 12.1 Å². The van der Waals surface area contributed by atoms with Crippen LogP contribution in [-0.2, 0) is 6.18 Å². The largest absolute Gasteiger partial charge is 0.417 e. The topological polar surface area (TPSA) is 72.7 Å². The second kappa shape index (κ2) is 6.34. The van der Waals surface area contributed by atoms with Crippen molar-refractivity contribution in [2.45, 2.75) is 13.1 Å². The van der Waals surface area contributed by atoms with E-state index in [0.717, 1.165) is 12.1 Å². The van der Waals surface area contributed by atoms with Gasteiger partial charge in [-0.15, -0.1) is 0 Å². The van der Waals surface area contributed by atoms with E-state index in [1.54, 1.807) is 23.9 Å².